The third-order valence-corrected chi connectivity index (χ3v) is 5.13. The Hall–Kier alpha value is -2.73. The maximum atomic E-state index is 12.3. The van der Waals surface area contributed by atoms with Crippen LogP contribution in [0.5, 0.6) is 17.2 Å². The molecule has 7 heteroatoms. The predicted molar refractivity (Wildman–Crippen MR) is 109 cm³/mol. The van der Waals surface area contributed by atoms with Crippen molar-refractivity contribution in [3.63, 3.8) is 0 Å². The fourth-order valence-corrected chi connectivity index (χ4v) is 3.75. The van der Waals surface area contributed by atoms with Crippen LogP contribution in [0.4, 0.5) is 0 Å². The average Bonchev–Trinajstić information content (AvgIpc) is 3.04. The molecular weight excluding hydrogens is 380 g/mol. The van der Waals surface area contributed by atoms with Crippen molar-refractivity contribution in [3.05, 3.63) is 52.5 Å². The summed E-state index contributed by atoms with van der Waals surface area (Å²) in [6.07, 6.45) is 0. The van der Waals surface area contributed by atoms with Crippen LogP contribution in [0, 0.1) is 0 Å². The van der Waals surface area contributed by atoms with Gasteiger partial charge in [0.25, 0.3) is 0 Å². The molecule has 2 atom stereocenters. The van der Waals surface area contributed by atoms with Gasteiger partial charge in [-0.25, -0.2) is 5.01 Å². The second kappa shape index (κ2) is 8.10. The highest BCUT2D eigenvalue weighted by atomic mass is 35.5. The van der Waals surface area contributed by atoms with E-state index in [-0.39, 0.29) is 17.9 Å². The highest BCUT2D eigenvalue weighted by molar-refractivity contribution is 6.30. The predicted octanol–water partition coefficient (Wildman–Crippen LogP) is 4.43. The number of rotatable bonds is 5. The van der Waals surface area contributed by atoms with E-state index in [1.54, 1.807) is 21.3 Å². The maximum absolute atomic E-state index is 12.3. The van der Waals surface area contributed by atoms with E-state index in [9.17, 15) is 4.79 Å². The number of nitrogens with zero attached hydrogens (tertiary/aromatic N) is 2. The van der Waals surface area contributed by atoms with E-state index in [1.807, 2.05) is 43.3 Å². The van der Waals surface area contributed by atoms with Crippen molar-refractivity contribution in [2.45, 2.75) is 25.8 Å². The van der Waals surface area contributed by atoms with Gasteiger partial charge in [0, 0.05) is 17.7 Å². The quantitative estimate of drug-likeness (QED) is 0.742. The molecular formula is C21H23ClN2O4. The van der Waals surface area contributed by atoms with Crippen LogP contribution in [-0.2, 0) is 4.79 Å². The molecule has 0 aromatic heterocycles. The first-order valence-corrected chi connectivity index (χ1v) is 9.19. The Labute approximate surface area is 169 Å². The second-order valence-electron chi connectivity index (χ2n) is 6.54. The first kappa shape index (κ1) is 20.0. The number of hydrazone groups is 1. The van der Waals surface area contributed by atoms with Gasteiger partial charge < -0.3 is 14.2 Å². The van der Waals surface area contributed by atoms with Crippen LogP contribution in [0.2, 0.25) is 5.02 Å². The zero-order valence-electron chi connectivity index (χ0n) is 16.5. The number of carbonyl (C=O) groups excluding carboxylic acids is 1. The van der Waals surface area contributed by atoms with E-state index < -0.39 is 0 Å². The smallest absolute Gasteiger partial charge is 0.240 e. The molecule has 1 aliphatic heterocycles. The molecule has 1 amide bonds. The normalized spacial score (nSPS) is 18.6. The van der Waals surface area contributed by atoms with Gasteiger partial charge in [0.2, 0.25) is 11.7 Å². The van der Waals surface area contributed by atoms with Crippen molar-refractivity contribution in [3.8, 4) is 17.2 Å². The lowest BCUT2D eigenvalue weighted by Crippen LogP contribution is -2.28. The summed E-state index contributed by atoms with van der Waals surface area (Å²) in [4.78, 5) is 12.3. The van der Waals surface area contributed by atoms with Crippen molar-refractivity contribution in [1.82, 2.24) is 5.01 Å². The van der Waals surface area contributed by atoms with Gasteiger partial charge in [0.15, 0.2) is 11.5 Å². The van der Waals surface area contributed by atoms with Crippen LogP contribution in [0.3, 0.4) is 0 Å². The van der Waals surface area contributed by atoms with Gasteiger partial charge >= 0.3 is 0 Å². The van der Waals surface area contributed by atoms with Gasteiger partial charge in [-0.1, -0.05) is 23.7 Å². The minimum absolute atomic E-state index is 0.130. The van der Waals surface area contributed by atoms with Crippen molar-refractivity contribution in [2.24, 2.45) is 5.10 Å². The van der Waals surface area contributed by atoms with Crippen LogP contribution >= 0.6 is 11.6 Å². The Balaban J connectivity index is 2.16. The average molecular weight is 403 g/mol. The number of carbonyl (C=O) groups is 1. The van der Waals surface area contributed by atoms with Gasteiger partial charge in [-0.05, 0) is 42.3 Å². The van der Waals surface area contributed by atoms with Crippen molar-refractivity contribution in [2.75, 3.05) is 21.3 Å². The number of amides is 1. The van der Waals surface area contributed by atoms with Gasteiger partial charge in [0.1, 0.15) is 0 Å². The molecule has 0 N–H and O–H groups in total. The fourth-order valence-electron chi connectivity index (χ4n) is 3.63. The van der Waals surface area contributed by atoms with E-state index >= 15 is 0 Å². The molecule has 0 saturated heterocycles. The van der Waals surface area contributed by atoms with E-state index in [0.29, 0.717) is 22.3 Å². The molecule has 1 aliphatic rings. The van der Waals surface area contributed by atoms with Crippen LogP contribution in [-0.4, -0.2) is 38.0 Å². The molecule has 0 saturated carbocycles. The van der Waals surface area contributed by atoms with Crippen LogP contribution in [0.1, 0.15) is 36.9 Å². The Kier molecular flexibility index (Phi) is 5.79. The molecule has 0 fully saturated rings. The molecule has 148 valence electrons. The summed E-state index contributed by atoms with van der Waals surface area (Å²) in [5.41, 5.74) is 2.68. The number of halogens is 1. The summed E-state index contributed by atoms with van der Waals surface area (Å²) in [6.45, 7) is 3.43. The lowest BCUT2D eigenvalue weighted by Gasteiger charge is -2.27. The Bertz CT molecular complexity index is 886. The first-order chi connectivity index (χ1) is 13.4. The van der Waals surface area contributed by atoms with E-state index in [0.717, 1.165) is 16.8 Å². The second-order valence-corrected chi connectivity index (χ2v) is 6.97. The zero-order chi connectivity index (χ0) is 20.4. The standard InChI is InChI=1S/C21H23ClN2O4/c1-12-19(15-10-17(26-3)21(28-5)18(11-15)27-4)20(24(23-12)13(2)25)14-6-8-16(22)9-7-14/h6-11,19-20H,1-5H3. The third-order valence-electron chi connectivity index (χ3n) is 4.88. The molecule has 0 bridgehead atoms. The third kappa shape index (κ3) is 3.52. The van der Waals surface area contributed by atoms with E-state index in [1.165, 1.54) is 11.9 Å². The number of ether oxygens (including phenoxy) is 3. The Morgan fingerprint density at radius 2 is 1.57 bits per heavy atom. The first-order valence-electron chi connectivity index (χ1n) is 8.81. The molecule has 0 radical (unpaired) electrons. The SMILES string of the molecule is COc1cc(C2C(C)=NN(C(C)=O)C2c2ccc(Cl)cc2)cc(OC)c1OC. The van der Waals surface area contributed by atoms with Crippen molar-refractivity contribution >= 4 is 23.2 Å². The van der Waals surface area contributed by atoms with Gasteiger partial charge in [-0.15, -0.1) is 0 Å². The van der Waals surface area contributed by atoms with Gasteiger partial charge in [-0.3, -0.25) is 4.79 Å². The van der Waals surface area contributed by atoms with Crippen LogP contribution < -0.4 is 14.2 Å². The van der Waals surface area contributed by atoms with Crippen molar-refractivity contribution < 1.29 is 19.0 Å². The summed E-state index contributed by atoms with van der Waals surface area (Å²) in [5, 5.41) is 6.69. The highest BCUT2D eigenvalue weighted by Gasteiger charge is 2.40. The number of hydrogen-bond acceptors (Lipinski definition) is 5. The number of benzene rings is 2. The van der Waals surface area contributed by atoms with Crippen LogP contribution in [0.25, 0.3) is 0 Å². The summed E-state index contributed by atoms with van der Waals surface area (Å²) in [5.74, 6) is 1.34. The van der Waals surface area contributed by atoms with Crippen molar-refractivity contribution in [1.29, 1.82) is 0 Å². The summed E-state index contributed by atoms with van der Waals surface area (Å²) in [6, 6.07) is 11.0. The molecule has 28 heavy (non-hydrogen) atoms. The molecule has 2 aromatic rings. The molecule has 6 nitrogen and oxygen atoms in total. The summed E-state index contributed by atoms with van der Waals surface area (Å²) >= 11 is 6.06. The summed E-state index contributed by atoms with van der Waals surface area (Å²) < 4.78 is 16.4. The number of methoxy groups -OCH3 is 3. The van der Waals surface area contributed by atoms with Gasteiger partial charge in [0.05, 0.1) is 33.3 Å². The molecule has 2 unspecified atom stereocenters. The monoisotopic (exact) mass is 402 g/mol. The minimum Gasteiger partial charge on any atom is -0.493 e. The van der Waals surface area contributed by atoms with E-state index in [4.69, 9.17) is 25.8 Å². The molecule has 0 spiro atoms. The Morgan fingerprint density at radius 3 is 2.04 bits per heavy atom. The molecule has 0 aliphatic carbocycles. The van der Waals surface area contributed by atoms with Crippen LogP contribution in [0.15, 0.2) is 41.5 Å². The molecule has 3 rings (SSSR count). The minimum atomic E-state index is -0.294. The summed E-state index contributed by atoms with van der Waals surface area (Å²) in [7, 11) is 4.72. The largest absolute Gasteiger partial charge is 0.493 e. The van der Waals surface area contributed by atoms with E-state index in [2.05, 4.69) is 5.10 Å². The molecule has 1 heterocycles. The fraction of sp³-hybridized carbons (Fsp3) is 0.333. The zero-order valence-corrected chi connectivity index (χ0v) is 17.3. The molecule has 2 aromatic carbocycles. The number of hydrogen-bond donors (Lipinski definition) is 0. The lowest BCUT2D eigenvalue weighted by atomic mass is 9.84. The maximum Gasteiger partial charge on any atom is 0.240 e. The Morgan fingerprint density at radius 1 is 1.00 bits per heavy atom. The lowest BCUT2D eigenvalue weighted by molar-refractivity contribution is -0.130. The van der Waals surface area contributed by atoms with Gasteiger partial charge in [-0.2, -0.15) is 5.10 Å². The highest BCUT2D eigenvalue weighted by Crippen LogP contribution is 2.47. The topological polar surface area (TPSA) is 60.4 Å².